The van der Waals surface area contributed by atoms with Crippen molar-refractivity contribution in [2.24, 2.45) is 5.41 Å². The van der Waals surface area contributed by atoms with Crippen LogP contribution in [0.2, 0.25) is 0 Å². The van der Waals surface area contributed by atoms with Crippen molar-refractivity contribution in [3.8, 4) is 5.75 Å². The zero-order valence-electron chi connectivity index (χ0n) is 14.2. The van der Waals surface area contributed by atoms with E-state index in [1.165, 1.54) is 5.56 Å². The smallest absolute Gasteiger partial charge is 0.123 e. The molecule has 0 saturated heterocycles. The standard InChI is InChI=1S/C18H31NO/c1-8-13(2)20-16-10-9-14(19)11-15(16)18(6,7)12-17(3,4)5/h9-11,13H,8,12,19H2,1-7H3. The lowest BCUT2D eigenvalue weighted by molar-refractivity contribution is 0.206. The van der Waals surface area contributed by atoms with Crippen molar-refractivity contribution >= 4 is 5.69 Å². The van der Waals surface area contributed by atoms with E-state index in [1.54, 1.807) is 0 Å². The molecule has 0 heterocycles. The van der Waals surface area contributed by atoms with E-state index in [9.17, 15) is 0 Å². The molecule has 0 radical (unpaired) electrons. The van der Waals surface area contributed by atoms with Gasteiger partial charge in [0.2, 0.25) is 0 Å². The quantitative estimate of drug-likeness (QED) is 0.754. The van der Waals surface area contributed by atoms with Crippen molar-refractivity contribution in [3.63, 3.8) is 0 Å². The number of anilines is 1. The molecule has 1 rings (SSSR count). The summed E-state index contributed by atoms with van der Waals surface area (Å²) in [4.78, 5) is 0. The Morgan fingerprint density at radius 1 is 1.15 bits per heavy atom. The monoisotopic (exact) mass is 277 g/mol. The molecule has 2 nitrogen and oxygen atoms in total. The molecule has 20 heavy (non-hydrogen) atoms. The Kier molecular flexibility index (Phi) is 5.12. The van der Waals surface area contributed by atoms with Gasteiger partial charge in [-0.05, 0) is 48.8 Å². The van der Waals surface area contributed by atoms with E-state index in [0.29, 0.717) is 0 Å². The summed E-state index contributed by atoms with van der Waals surface area (Å²) in [7, 11) is 0. The molecule has 1 aromatic carbocycles. The molecule has 2 N–H and O–H groups in total. The van der Waals surface area contributed by atoms with Crippen molar-refractivity contribution in [1.82, 2.24) is 0 Å². The lowest BCUT2D eigenvalue weighted by atomic mass is 9.72. The van der Waals surface area contributed by atoms with E-state index < -0.39 is 0 Å². The summed E-state index contributed by atoms with van der Waals surface area (Å²) in [6, 6.07) is 6.01. The third-order valence-electron chi connectivity index (χ3n) is 3.61. The summed E-state index contributed by atoms with van der Waals surface area (Å²) >= 11 is 0. The third kappa shape index (κ3) is 4.73. The van der Waals surface area contributed by atoms with E-state index in [0.717, 1.165) is 24.3 Å². The van der Waals surface area contributed by atoms with Crippen molar-refractivity contribution in [1.29, 1.82) is 0 Å². The summed E-state index contributed by atoms with van der Waals surface area (Å²) in [5.41, 5.74) is 8.32. The first kappa shape index (κ1) is 16.9. The Morgan fingerprint density at radius 2 is 1.75 bits per heavy atom. The van der Waals surface area contributed by atoms with Crippen LogP contribution in [0.4, 0.5) is 5.69 Å². The molecule has 0 saturated carbocycles. The predicted molar refractivity (Wildman–Crippen MR) is 88.3 cm³/mol. The number of ether oxygens (including phenoxy) is 1. The summed E-state index contributed by atoms with van der Waals surface area (Å²) in [6.07, 6.45) is 2.31. The Balaban J connectivity index is 3.17. The molecule has 0 aliphatic rings. The first-order valence-electron chi connectivity index (χ1n) is 7.62. The largest absolute Gasteiger partial charge is 0.490 e. The Bertz CT molecular complexity index is 443. The summed E-state index contributed by atoms with van der Waals surface area (Å²) in [5, 5.41) is 0. The normalized spacial score (nSPS) is 14.2. The van der Waals surface area contributed by atoms with Crippen LogP contribution in [-0.4, -0.2) is 6.10 Å². The Labute approximate surface area is 124 Å². The minimum atomic E-state index is 0.0381. The number of hydrogen-bond donors (Lipinski definition) is 1. The molecule has 0 fully saturated rings. The van der Waals surface area contributed by atoms with Gasteiger partial charge in [-0.3, -0.25) is 0 Å². The number of nitrogen functional groups attached to an aromatic ring is 1. The van der Waals surface area contributed by atoms with Gasteiger partial charge in [0, 0.05) is 11.3 Å². The molecule has 114 valence electrons. The maximum absolute atomic E-state index is 6.09. The maximum Gasteiger partial charge on any atom is 0.123 e. The van der Waals surface area contributed by atoms with Gasteiger partial charge in [0.25, 0.3) is 0 Å². The lowest BCUT2D eigenvalue weighted by Gasteiger charge is -2.34. The van der Waals surface area contributed by atoms with E-state index in [4.69, 9.17) is 10.5 Å². The third-order valence-corrected chi connectivity index (χ3v) is 3.61. The molecule has 1 aromatic rings. The average Bonchev–Trinajstić information content (AvgIpc) is 2.28. The number of hydrogen-bond acceptors (Lipinski definition) is 2. The Morgan fingerprint density at radius 3 is 2.25 bits per heavy atom. The van der Waals surface area contributed by atoms with Crippen molar-refractivity contribution < 1.29 is 4.74 Å². The van der Waals surface area contributed by atoms with Gasteiger partial charge >= 0.3 is 0 Å². The van der Waals surface area contributed by atoms with Crippen LogP contribution in [0.5, 0.6) is 5.75 Å². The van der Waals surface area contributed by atoms with Crippen LogP contribution in [0, 0.1) is 5.41 Å². The molecular weight excluding hydrogens is 246 g/mol. The van der Waals surface area contributed by atoms with Gasteiger partial charge in [0.1, 0.15) is 5.75 Å². The molecule has 1 unspecified atom stereocenters. The fraction of sp³-hybridized carbons (Fsp3) is 0.667. The van der Waals surface area contributed by atoms with Crippen LogP contribution in [0.25, 0.3) is 0 Å². The van der Waals surface area contributed by atoms with Gasteiger partial charge in [0.05, 0.1) is 6.10 Å². The van der Waals surface area contributed by atoms with E-state index in [1.807, 2.05) is 12.1 Å². The minimum absolute atomic E-state index is 0.0381. The van der Waals surface area contributed by atoms with Crippen LogP contribution < -0.4 is 10.5 Å². The molecule has 0 aromatic heterocycles. The first-order chi connectivity index (χ1) is 9.05. The molecule has 0 amide bonds. The van der Waals surface area contributed by atoms with Crippen LogP contribution >= 0.6 is 0 Å². The average molecular weight is 277 g/mol. The van der Waals surface area contributed by atoms with Crippen LogP contribution in [0.1, 0.15) is 66.9 Å². The second kappa shape index (κ2) is 6.07. The molecule has 0 bridgehead atoms. The number of rotatable bonds is 5. The predicted octanol–water partition coefficient (Wildman–Crippen LogP) is 5.16. The highest BCUT2D eigenvalue weighted by atomic mass is 16.5. The summed E-state index contributed by atoms with van der Waals surface area (Å²) < 4.78 is 6.09. The van der Waals surface area contributed by atoms with E-state index >= 15 is 0 Å². The fourth-order valence-electron chi connectivity index (χ4n) is 2.90. The zero-order valence-corrected chi connectivity index (χ0v) is 14.2. The highest BCUT2D eigenvalue weighted by Crippen LogP contribution is 2.41. The Hall–Kier alpha value is -1.18. The zero-order chi connectivity index (χ0) is 15.6. The SMILES string of the molecule is CCC(C)Oc1ccc(N)cc1C(C)(C)CC(C)(C)C. The molecule has 0 spiro atoms. The van der Waals surface area contributed by atoms with Crippen molar-refractivity contribution in [3.05, 3.63) is 23.8 Å². The highest BCUT2D eigenvalue weighted by molar-refractivity contribution is 5.50. The molecule has 0 aliphatic heterocycles. The van der Waals surface area contributed by atoms with Crippen LogP contribution in [0.3, 0.4) is 0 Å². The van der Waals surface area contributed by atoms with Crippen LogP contribution in [0.15, 0.2) is 18.2 Å². The molecule has 0 aliphatic carbocycles. The second-order valence-electron chi connectivity index (χ2n) is 7.71. The molecule has 2 heteroatoms. The van der Waals surface area contributed by atoms with Gasteiger partial charge in [-0.1, -0.05) is 41.5 Å². The van der Waals surface area contributed by atoms with E-state index in [-0.39, 0.29) is 16.9 Å². The minimum Gasteiger partial charge on any atom is -0.490 e. The van der Waals surface area contributed by atoms with Gasteiger partial charge in [-0.2, -0.15) is 0 Å². The fourth-order valence-corrected chi connectivity index (χ4v) is 2.90. The van der Waals surface area contributed by atoms with Crippen molar-refractivity contribution in [2.75, 3.05) is 5.73 Å². The van der Waals surface area contributed by atoms with Crippen LogP contribution in [-0.2, 0) is 5.41 Å². The summed E-state index contributed by atoms with van der Waals surface area (Å²) in [6.45, 7) is 15.6. The highest BCUT2D eigenvalue weighted by Gasteiger charge is 2.30. The second-order valence-corrected chi connectivity index (χ2v) is 7.71. The van der Waals surface area contributed by atoms with Gasteiger partial charge in [0.15, 0.2) is 0 Å². The summed E-state index contributed by atoms with van der Waals surface area (Å²) in [5.74, 6) is 0.975. The maximum atomic E-state index is 6.09. The lowest BCUT2D eigenvalue weighted by Crippen LogP contribution is -2.26. The molecular formula is C18H31NO. The van der Waals surface area contributed by atoms with Gasteiger partial charge in [-0.15, -0.1) is 0 Å². The number of nitrogens with two attached hydrogens (primary N) is 1. The van der Waals surface area contributed by atoms with Crippen molar-refractivity contribution in [2.45, 2.75) is 72.8 Å². The topological polar surface area (TPSA) is 35.2 Å². The molecule has 1 atom stereocenters. The van der Waals surface area contributed by atoms with Gasteiger partial charge < -0.3 is 10.5 Å². The van der Waals surface area contributed by atoms with E-state index in [2.05, 4.69) is 54.5 Å². The number of benzene rings is 1. The van der Waals surface area contributed by atoms with Gasteiger partial charge in [-0.25, -0.2) is 0 Å². The first-order valence-corrected chi connectivity index (χ1v) is 7.62.